The third-order valence-electron chi connectivity index (χ3n) is 4.05. The zero-order valence-electron chi connectivity index (χ0n) is 11.3. The molecule has 96 valence electrons. The fourth-order valence-electron chi connectivity index (χ4n) is 2.70. The highest BCUT2D eigenvalue weighted by molar-refractivity contribution is 5.29. The van der Waals surface area contributed by atoms with E-state index in [1.165, 1.54) is 5.56 Å². The number of hydrogen-bond acceptors (Lipinski definition) is 2. The van der Waals surface area contributed by atoms with Crippen LogP contribution in [-0.4, -0.2) is 0 Å². The van der Waals surface area contributed by atoms with E-state index in [1.807, 2.05) is 0 Å². The molecule has 1 aliphatic rings. The molecule has 1 atom stereocenters. The molecule has 0 spiro atoms. The summed E-state index contributed by atoms with van der Waals surface area (Å²) in [6.45, 7) is 4.44. The van der Waals surface area contributed by atoms with E-state index in [0.717, 1.165) is 31.2 Å². The summed E-state index contributed by atoms with van der Waals surface area (Å²) in [5.41, 5.74) is 8.42. The fourth-order valence-corrected chi connectivity index (χ4v) is 2.70. The largest absolute Gasteiger partial charge is 0.323 e. The average molecular weight is 242 g/mol. The van der Waals surface area contributed by atoms with Crippen LogP contribution in [0.1, 0.15) is 50.3 Å². The second kappa shape index (κ2) is 5.12. The summed E-state index contributed by atoms with van der Waals surface area (Å²) in [7, 11) is 0. The minimum Gasteiger partial charge on any atom is -0.323 e. The van der Waals surface area contributed by atoms with Gasteiger partial charge in [-0.1, -0.05) is 44.5 Å². The predicted molar refractivity (Wildman–Crippen MR) is 73.8 cm³/mol. The van der Waals surface area contributed by atoms with Gasteiger partial charge >= 0.3 is 0 Å². The molecule has 1 aromatic carbocycles. The highest BCUT2D eigenvalue weighted by atomic mass is 14.7. The molecule has 0 bridgehead atoms. The van der Waals surface area contributed by atoms with Crippen LogP contribution < -0.4 is 5.73 Å². The Balaban J connectivity index is 2.12. The molecular formula is C16H22N2. The average Bonchev–Trinajstić information content (AvgIpc) is 2.28. The maximum absolute atomic E-state index is 9.31. The van der Waals surface area contributed by atoms with Crippen molar-refractivity contribution in [3.8, 4) is 6.07 Å². The second-order valence-corrected chi connectivity index (χ2v) is 5.94. The molecule has 0 amide bonds. The van der Waals surface area contributed by atoms with Crippen molar-refractivity contribution in [3.63, 3.8) is 0 Å². The van der Waals surface area contributed by atoms with Crippen LogP contribution >= 0.6 is 0 Å². The van der Waals surface area contributed by atoms with Crippen LogP contribution in [0.4, 0.5) is 0 Å². The lowest BCUT2D eigenvalue weighted by atomic mass is 9.64. The summed E-state index contributed by atoms with van der Waals surface area (Å²) >= 11 is 0. The first-order chi connectivity index (χ1) is 8.57. The predicted octanol–water partition coefficient (Wildman–Crippen LogP) is 3.58. The highest BCUT2D eigenvalue weighted by Crippen LogP contribution is 2.48. The van der Waals surface area contributed by atoms with Crippen LogP contribution in [0.15, 0.2) is 24.3 Å². The van der Waals surface area contributed by atoms with E-state index in [-0.39, 0.29) is 11.5 Å². The Morgan fingerprint density at radius 2 is 1.89 bits per heavy atom. The molecule has 1 aromatic rings. The molecule has 18 heavy (non-hydrogen) atoms. The molecule has 0 saturated heterocycles. The second-order valence-electron chi connectivity index (χ2n) is 5.94. The van der Waals surface area contributed by atoms with Gasteiger partial charge in [0, 0.05) is 6.04 Å². The number of benzene rings is 1. The summed E-state index contributed by atoms with van der Waals surface area (Å²) < 4.78 is 0. The van der Waals surface area contributed by atoms with Gasteiger partial charge in [0.2, 0.25) is 0 Å². The zero-order valence-corrected chi connectivity index (χ0v) is 11.3. The van der Waals surface area contributed by atoms with Crippen LogP contribution in [0.3, 0.4) is 0 Å². The molecule has 0 aromatic heterocycles. The molecule has 2 nitrogen and oxygen atoms in total. The number of nitrogens with zero attached hydrogens (tertiary/aromatic N) is 1. The quantitative estimate of drug-likeness (QED) is 0.877. The van der Waals surface area contributed by atoms with Gasteiger partial charge in [-0.2, -0.15) is 5.26 Å². The van der Waals surface area contributed by atoms with Crippen molar-refractivity contribution in [1.29, 1.82) is 5.26 Å². The van der Waals surface area contributed by atoms with Crippen molar-refractivity contribution in [2.24, 2.45) is 17.1 Å². The maximum Gasteiger partial charge on any atom is 0.0766 e. The maximum atomic E-state index is 9.31. The van der Waals surface area contributed by atoms with Gasteiger partial charge in [-0.05, 0) is 36.3 Å². The van der Waals surface area contributed by atoms with Gasteiger partial charge < -0.3 is 5.73 Å². The number of rotatable bonds is 4. The van der Waals surface area contributed by atoms with Gasteiger partial charge in [0.1, 0.15) is 0 Å². The molecule has 2 rings (SSSR count). The Hall–Kier alpha value is -1.33. The van der Waals surface area contributed by atoms with Gasteiger partial charge in [0.05, 0.1) is 11.5 Å². The Labute approximate surface area is 110 Å². The summed E-state index contributed by atoms with van der Waals surface area (Å²) in [5, 5.41) is 9.31. The van der Waals surface area contributed by atoms with E-state index in [0.29, 0.717) is 5.92 Å². The van der Waals surface area contributed by atoms with Crippen molar-refractivity contribution < 1.29 is 0 Å². The van der Waals surface area contributed by atoms with Gasteiger partial charge in [-0.3, -0.25) is 0 Å². The van der Waals surface area contributed by atoms with Crippen molar-refractivity contribution in [2.75, 3.05) is 0 Å². The minimum atomic E-state index is -0.306. The summed E-state index contributed by atoms with van der Waals surface area (Å²) in [6, 6.07) is 10.8. The van der Waals surface area contributed by atoms with Gasteiger partial charge in [0.25, 0.3) is 0 Å². The molecule has 1 fully saturated rings. The Kier molecular flexibility index (Phi) is 3.73. The normalized spacial score (nSPS) is 19.1. The zero-order chi connectivity index (χ0) is 13.2. The Morgan fingerprint density at radius 1 is 1.28 bits per heavy atom. The smallest absolute Gasteiger partial charge is 0.0766 e. The summed E-state index contributed by atoms with van der Waals surface area (Å²) in [5.74, 6) is 0.668. The Bertz CT molecular complexity index is 435. The Morgan fingerprint density at radius 3 is 2.28 bits per heavy atom. The molecule has 2 heteroatoms. The molecule has 2 N–H and O–H groups in total. The summed E-state index contributed by atoms with van der Waals surface area (Å²) in [6.07, 6.45) is 4.11. The van der Waals surface area contributed by atoms with Gasteiger partial charge in [-0.25, -0.2) is 0 Å². The van der Waals surface area contributed by atoms with E-state index in [2.05, 4.69) is 44.2 Å². The lowest BCUT2D eigenvalue weighted by molar-refractivity contribution is 0.169. The molecule has 0 heterocycles. The van der Waals surface area contributed by atoms with E-state index >= 15 is 0 Å². The van der Waals surface area contributed by atoms with Gasteiger partial charge in [-0.15, -0.1) is 0 Å². The molecular weight excluding hydrogens is 220 g/mol. The number of hydrogen-bond donors (Lipinski definition) is 1. The topological polar surface area (TPSA) is 49.8 Å². The lowest BCUT2D eigenvalue weighted by Crippen LogP contribution is -2.39. The van der Waals surface area contributed by atoms with Crippen molar-refractivity contribution in [3.05, 3.63) is 35.4 Å². The molecule has 1 saturated carbocycles. The molecule has 1 aliphatic carbocycles. The number of nitriles is 1. The highest BCUT2D eigenvalue weighted by Gasteiger charge is 2.43. The third kappa shape index (κ3) is 2.42. The lowest BCUT2D eigenvalue weighted by Gasteiger charge is -2.40. The first kappa shape index (κ1) is 13.1. The van der Waals surface area contributed by atoms with Crippen LogP contribution in [0.5, 0.6) is 0 Å². The standard InChI is InChI=1S/C16H22N2/c1-12(2)10-13-4-6-14(7-5-13)15(18)16(11-17)8-3-9-16/h4-7,12,15H,3,8-10,18H2,1-2H3. The van der Waals surface area contributed by atoms with Crippen LogP contribution in [0, 0.1) is 22.7 Å². The van der Waals surface area contributed by atoms with Gasteiger partial charge in [0.15, 0.2) is 0 Å². The van der Waals surface area contributed by atoms with Crippen LogP contribution in [0.25, 0.3) is 0 Å². The first-order valence-corrected chi connectivity index (χ1v) is 6.83. The molecule has 1 unspecified atom stereocenters. The molecule has 0 aliphatic heterocycles. The van der Waals surface area contributed by atoms with Crippen LogP contribution in [0.2, 0.25) is 0 Å². The summed E-state index contributed by atoms with van der Waals surface area (Å²) in [4.78, 5) is 0. The van der Waals surface area contributed by atoms with E-state index in [4.69, 9.17) is 5.73 Å². The third-order valence-corrected chi connectivity index (χ3v) is 4.05. The first-order valence-electron chi connectivity index (χ1n) is 6.83. The van der Waals surface area contributed by atoms with E-state index in [9.17, 15) is 5.26 Å². The SMILES string of the molecule is CC(C)Cc1ccc(C(N)C2(C#N)CCC2)cc1. The van der Waals surface area contributed by atoms with E-state index in [1.54, 1.807) is 0 Å². The van der Waals surface area contributed by atoms with Crippen molar-refractivity contribution in [1.82, 2.24) is 0 Å². The van der Waals surface area contributed by atoms with Crippen molar-refractivity contribution in [2.45, 2.75) is 45.6 Å². The fraction of sp³-hybridized carbons (Fsp3) is 0.562. The minimum absolute atomic E-state index is 0.135. The monoisotopic (exact) mass is 242 g/mol. The molecule has 0 radical (unpaired) electrons. The van der Waals surface area contributed by atoms with E-state index < -0.39 is 0 Å². The van der Waals surface area contributed by atoms with Crippen molar-refractivity contribution >= 4 is 0 Å². The van der Waals surface area contributed by atoms with Crippen LogP contribution in [-0.2, 0) is 6.42 Å². The number of nitrogens with two attached hydrogens (primary N) is 1.